The molecule has 1 N–H and O–H groups in total. The van der Waals surface area contributed by atoms with E-state index in [0.717, 1.165) is 30.8 Å². The highest BCUT2D eigenvalue weighted by molar-refractivity contribution is 5.30. The van der Waals surface area contributed by atoms with Crippen molar-refractivity contribution in [2.24, 2.45) is 5.41 Å². The van der Waals surface area contributed by atoms with Crippen molar-refractivity contribution in [2.75, 3.05) is 6.54 Å². The van der Waals surface area contributed by atoms with E-state index in [-0.39, 0.29) is 5.41 Å². The molecule has 20 heavy (non-hydrogen) atoms. The Bertz CT molecular complexity index is 567. The second-order valence-corrected chi connectivity index (χ2v) is 6.44. The fourth-order valence-corrected chi connectivity index (χ4v) is 2.36. The lowest BCUT2D eigenvalue weighted by molar-refractivity contribution is 0.264. The van der Waals surface area contributed by atoms with Gasteiger partial charge in [0.2, 0.25) is 0 Å². The third-order valence-corrected chi connectivity index (χ3v) is 3.55. The predicted octanol–water partition coefficient (Wildman–Crippen LogP) is 2.39. The van der Waals surface area contributed by atoms with Crippen molar-refractivity contribution in [2.45, 2.75) is 53.5 Å². The van der Waals surface area contributed by atoms with Crippen LogP contribution in [0.3, 0.4) is 0 Å². The first-order chi connectivity index (χ1) is 9.41. The van der Waals surface area contributed by atoms with E-state index in [2.05, 4.69) is 54.1 Å². The molecule has 2 heterocycles. The summed E-state index contributed by atoms with van der Waals surface area (Å²) in [5.74, 6) is 0.683. The van der Waals surface area contributed by atoms with Gasteiger partial charge >= 0.3 is 0 Å². The average molecular weight is 275 g/mol. The van der Waals surface area contributed by atoms with Crippen LogP contribution in [0.25, 0.3) is 5.78 Å². The van der Waals surface area contributed by atoms with Crippen molar-refractivity contribution in [1.29, 1.82) is 0 Å². The third-order valence-electron chi connectivity index (χ3n) is 3.55. The summed E-state index contributed by atoms with van der Waals surface area (Å²) in [7, 11) is 0. The Balaban J connectivity index is 2.30. The van der Waals surface area contributed by atoms with E-state index in [9.17, 15) is 0 Å². The minimum atomic E-state index is 0.194. The van der Waals surface area contributed by atoms with Crippen LogP contribution in [-0.2, 0) is 6.42 Å². The van der Waals surface area contributed by atoms with Gasteiger partial charge in [0.25, 0.3) is 5.78 Å². The van der Waals surface area contributed by atoms with Crippen LogP contribution >= 0.6 is 0 Å². The molecule has 0 spiro atoms. The van der Waals surface area contributed by atoms with Gasteiger partial charge in [0.15, 0.2) is 0 Å². The first kappa shape index (κ1) is 14.9. The predicted molar refractivity (Wildman–Crippen MR) is 80.8 cm³/mol. The van der Waals surface area contributed by atoms with Gasteiger partial charge in [-0.05, 0) is 31.4 Å². The summed E-state index contributed by atoms with van der Waals surface area (Å²) in [6.07, 6.45) is 3.63. The van der Waals surface area contributed by atoms with Gasteiger partial charge in [0.1, 0.15) is 6.33 Å². The van der Waals surface area contributed by atoms with Crippen LogP contribution in [0.15, 0.2) is 12.4 Å². The SMILES string of the molecule is CCCNC(Cc1cc(C)nc2ncnn12)C(C)(C)C. The maximum absolute atomic E-state index is 4.40. The number of aryl methyl sites for hydroxylation is 1. The molecule has 5 nitrogen and oxygen atoms in total. The zero-order chi connectivity index (χ0) is 14.8. The maximum atomic E-state index is 4.40. The summed E-state index contributed by atoms with van der Waals surface area (Å²) in [5.41, 5.74) is 2.34. The van der Waals surface area contributed by atoms with Gasteiger partial charge in [-0.3, -0.25) is 0 Å². The van der Waals surface area contributed by atoms with Crippen molar-refractivity contribution in [3.05, 3.63) is 23.8 Å². The van der Waals surface area contributed by atoms with Crippen LogP contribution in [0.2, 0.25) is 0 Å². The molecule has 0 aliphatic carbocycles. The summed E-state index contributed by atoms with van der Waals surface area (Å²) >= 11 is 0. The van der Waals surface area contributed by atoms with Crippen molar-refractivity contribution in [3.63, 3.8) is 0 Å². The highest BCUT2D eigenvalue weighted by Gasteiger charge is 2.25. The third kappa shape index (κ3) is 3.33. The number of fused-ring (bicyclic) bond motifs is 1. The minimum Gasteiger partial charge on any atom is -0.313 e. The Kier molecular flexibility index (Phi) is 4.38. The van der Waals surface area contributed by atoms with E-state index >= 15 is 0 Å². The Morgan fingerprint density at radius 1 is 1.35 bits per heavy atom. The summed E-state index contributed by atoms with van der Waals surface area (Å²) in [6, 6.07) is 2.50. The van der Waals surface area contributed by atoms with Crippen LogP contribution < -0.4 is 5.32 Å². The molecule has 110 valence electrons. The maximum Gasteiger partial charge on any atom is 0.252 e. The smallest absolute Gasteiger partial charge is 0.252 e. The quantitative estimate of drug-likeness (QED) is 0.910. The van der Waals surface area contributed by atoms with Gasteiger partial charge in [0.05, 0.1) is 0 Å². The Labute approximate surface area is 120 Å². The van der Waals surface area contributed by atoms with Crippen molar-refractivity contribution < 1.29 is 0 Å². The number of aromatic nitrogens is 4. The second kappa shape index (κ2) is 5.87. The van der Waals surface area contributed by atoms with Gasteiger partial charge in [-0.15, -0.1) is 0 Å². The first-order valence-electron chi connectivity index (χ1n) is 7.31. The zero-order valence-corrected chi connectivity index (χ0v) is 13.1. The zero-order valence-electron chi connectivity index (χ0n) is 13.1. The standard InChI is InChI=1S/C15H25N5/c1-6-7-16-13(15(3,4)5)9-12-8-11(2)19-14-17-10-18-20(12)14/h8,10,13,16H,6-7,9H2,1-5H3. The molecular weight excluding hydrogens is 250 g/mol. The van der Waals surface area contributed by atoms with Crippen LogP contribution in [0.1, 0.15) is 45.5 Å². The topological polar surface area (TPSA) is 55.1 Å². The average Bonchev–Trinajstić information content (AvgIpc) is 2.80. The van der Waals surface area contributed by atoms with E-state index in [1.165, 1.54) is 0 Å². The molecule has 2 rings (SSSR count). The molecule has 0 aliphatic heterocycles. The fraction of sp³-hybridized carbons (Fsp3) is 0.667. The lowest BCUT2D eigenvalue weighted by atomic mass is 9.84. The molecule has 1 atom stereocenters. The van der Waals surface area contributed by atoms with E-state index in [0.29, 0.717) is 11.8 Å². The van der Waals surface area contributed by atoms with Gasteiger partial charge < -0.3 is 5.32 Å². The largest absolute Gasteiger partial charge is 0.313 e. The molecule has 2 aromatic heterocycles. The second-order valence-electron chi connectivity index (χ2n) is 6.44. The Morgan fingerprint density at radius 2 is 2.10 bits per heavy atom. The summed E-state index contributed by atoms with van der Waals surface area (Å²) < 4.78 is 1.85. The van der Waals surface area contributed by atoms with E-state index < -0.39 is 0 Å². The highest BCUT2D eigenvalue weighted by Crippen LogP contribution is 2.23. The summed E-state index contributed by atoms with van der Waals surface area (Å²) in [4.78, 5) is 8.59. The van der Waals surface area contributed by atoms with Crippen molar-refractivity contribution >= 4 is 5.78 Å². The lowest BCUT2D eigenvalue weighted by Crippen LogP contribution is -2.42. The monoisotopic (exact) mass is 275 g/mol. The van der Waals surface area contributed by atoms with Crippen LogP contribution in [0.4, 0.5) is 0 Å². The molecule has 0 bridgehead atoms. The number of hydrogen-bond acceptors (Lipinski definition) is 4. The molecule has 0 aromatic carbocycles. The van der Waals surface area contributed by atoms with Gasteiger partial charge in [-0.2, -0.15) is 10.1 Å². The van der Waals surface area contributed by atoms with Crippen molar-refractivity contribution in [3.8, 4) is 0 Å². The van der Waals surface area contributed by atoms with E-state index in [1.807, 2.05) is 11.4 Å². The molecule has 5 heteroatoms. The Hall–Kier alpha value is -1.49. The molecule has 0 fully saturated rings. The summed E-state index contributed by atoms with van der Waals surface area (Å²) in [6.45, 7) is 12.0. The number of nitrogens with zero attached hydrogens (tertiary/aromatic N) is 4. The van der Waals surface area contributed by atoms with Gasteiger partial charge in [-0.1, -0.05) is 27.7 Å². The number of rotatable bonds is 5. The first-order valence-corrected chi connectivity index (χ1v) is 7.31. The minimum absolute atomic E-state index is 0.194. The molecule has 1 unspecified atom stereocenters. The lowest BCUT2D eigenvalue weighted by Gasteiger charge is -2.32. The number of hydrogen-bond donors (Lipinski definition) is 1. The highest BCUT2D eigenvalue weighted by atomic mass is 15.3. The van der Waals surface area contributed by atoms with E-state index in [1.54, 1.807) is 6.33 Å². The molecule has 2 aromatic rings. The van der Waals surface area contributed by atoms with Crippen LogP contribution in [0.5, 0.6) is 0 Å². The van der Waals surface area contributed by atoms with Crippen LogP contribution in [-0.4, -0.2) is 32.2 Å². The normalized spacial score (nSPS) is 13.8. The molecular formula is C15H25N5. The van der Waals surface area contributed by atoms with Gasteiger partial charge in [-0.25, -0.2) is 9.50 Å². The Morgan fingerprint density at radius 3 is 2.75 bits per heavy atom. The number of nitrogens with one attached hydrogen (secondary N) is 1. The molecule has 0 aliphatic rings. The molecule has 0 saturated carbocycles. The summed E-state index contributed by atoms with van der Waals surface area (Å²) in [5, 5.41) is 7.94. The van der Waals surface area contributed by atoms with Crippen molar-refractivity contribution in [1.82, 2.24) is 24.9 Å². The molecule has 0 radical (unpaired) electrons. The molecule has 0 saturated heterocycles. The fourth-order valence-electron chi connectivity index (χ4n) is 2.36. The van der Waals surface area contributed by atoms with E-state index in [4.69, 9.17) is 0 Å². The van der Waals surface area contributed by atoms with Gasteiger partial charge in [0, 0.05) is 23.9 Å². The van der Waals surface area contributed by atoms with Crippen LogP contribution in [0, 0.1) is 12.3 Å². The molecule has 0 amide bonds.